The van der Waals surface area contributed by atoms with Gasteiger partial charge >= 0.3 is 0 Å². The Morgan fingerprint density at radius 3 is 2.88 bits per heavy atom. The SMILES string of the molecule is Cc1ccc(NC(=O)Cn2cccc2-c2nnc(C3CC3)o2)c(C)c1. The lowest BCUT2D eigenvalue weighted by atomic mass is 10.1. The number of rotatable bonds is 5. The molecule has 1 aliphatic rings. The summed E-state index contributed by atoms with van der Waals surface area (Å²) >= 11 is 0. The molecule has 0 aliphatic heterocycles. The first-order valence-electron chi connectivity index (χ1n) is 8.46. The molecule has 2 aromatic heterocycles. The number of benzene rings is 1. The summed E-state index contributed by atoms with van der Waals surface area (Å²) in [5.41, 5.74) is 3.81. The van der Waals surface area contributed by atoms with E-state index in [9.17, 15) is 4.79 Å². The number of nitrogens with zero attached hydrogens (tertiary/aromatic N) is 3. The largest absolute Gasteiger partial charge is 0.419 e. The molecule has 6 heteroatoms. The number of amides is 1. The highest BCUT2D eigenvalue weighted by atomic mass is 16.4. The maximum atomic E-state index is 12.4. The van der Waals surface area contributed by atoms with E-state index >= 15 is 0 Å². The summed E-state index contributed by atoms with van der Waals surface area (Å²) in [6, 6.07) is 9.73. The molecule has 0 bridgehead atoms. The minimum absolute atomic E-state index is 0.0914. The maximum Gasteiger partial charge on any atom is 0.264 e. The molecule has 1 fully saturated rings. The molecule has 6 nitrogen and oxygen atoms in total. The van der Waals surface area contributed by atoms with E-state index in [1.54, 1.807) is 0 Å². The molecule has 1 aliphatic carbocycles. The first-order valence-corrected chi connectivity index (χ1v) is 8.46. The molecule has 0 atom stereocenters. The van der Waals surface area contributed by atoms with Gasteiger partial charge in [0.15, 0.2) is 0 Å². The topological polar surface area (TPSA) is 73.0 Å². The summed E-state index contributed by atoms with van der Waals surface area (Å²) in [5.74, 6) is 1.48. The number of carbonyl (C=O) groups is 1. The monoisotopic (exact) mass is 336 g/mol. The summed E-state index contributed by atoms with van der Waals surface area (Å²) in [6.45, 7) is 4.21. The van der Waals surface area contributed by atoms with Crippen LogP contribution in [0, 0.1) is 13.8 Å². The van der Waals surface area contributed by atoms with Crippen LogP contribution in [0.1, 0.15) is 35.8 Å². The van der Waals surface area contributed by atoms with E-state index in [0.29, 0.717) is 17.7 Å². The normalized spacial score (nSPS) is 13.8. The quantitative estimate of drug-likeness (QED) is 0.771. The van der Waals surface area contributed by atoms with Gasteiger partial charge in [0.1, 0.15) is 12.2 Å². The third kappa shape index (κ3) is 3.33. The molecule has 0 saturated heterocycles. The zero-order valence-electron chi connectivity index (χ0n) is 14.3. The number of carbonyl (C=O) groups excluding carboxylic acids is 1. The van der Waals surface area contributed by atoms with E-state index in [2.05, 4.69) is 21.6 Å². The van der Waals surface area contributed by atoms with Gasteiger partial charge in [-0.1, -0.05) is 17.7 Å². The standard InChI is InChI=1S/C19H20N4O2/c1-12-5-8-15(13(2)10-12)20-17(24)11-23-9-3-4-16(23)19-22-21-18(25-19)14-6-7-14/h3-5,8-10,14H,6-7,11H2,1-2H3,(H,20,24). The van der Waals surface area contributed by atoms with E-state index < -0.39 is 0 Å². The van der Waals surface area contributed by atoms with E-state index in [4.69, 9.17) is 4.42 Å². The van der Waals surface area contributed by atoms with Crippen LogP contribution >= 0.6 is 0 Å². The van der Waals surface area contributed by atoms with Crippen molar-refractivity contribution in [2.45, 2.75) is 39.2 Å². The summed E-state index contributed by atoms with van der Waals surface area (Å²) in [7, 11) is 0. The molecule has 0 unspecified atom stereocenters. The minimum atomic E-state index is -0.0914. The van der Waals surface area contributed by atoms with Crippen molar-refractivity contribution in [2.24, 2.45) is 0 Å². The van der Waals surface area contributed by atoms with Crippen LogP contribution in [0.4, 0.5) is 5.69 Å². The van der Waals surface area contributed by atoms with Crippen LogP contribution in [-0.4, -0.2) is 20.7 Å². The number of aromatic nitrogens is 3. The molecule has 25 heavy (non-hydrogen) atoms. The minimum Gasteiger partial charge on any atom is -0.419 e. The Bertz CT molecular complexity index is 921. The second-order valence-electron chi connectivity index (χ2n) is 6.61. The lowest BCUT2D eigenvalue weighted by Crippen LogP contribution is -2.19. The van der Waals surface area contributed by atoms with Gasteiger partial charge in [0.05, 0.1) is 0 Å². The van der Waals surface area contributed by atoms with Crippen molar-refractivity contribution >= 4 is 11.6 Å². The van der Waals surface area contributed by atoms with Crippen molar-refractivity contribution in [3.8, 4) is 11.6 Å². The Hall–Kier alpha value is -2.89. The molecular weight excluding hydrogens is 316 g/mol. The Labute approximate surface area is 145 Å². The average Bonchev–Trinajstić information content (AvgIpc) is 3.13. The number of hydrogen-bond acceptors (Lipinski definition) is 4. The molecule has 0 radical (unpaired) electrons. The van der Waals surface area contributed by atoms with Crippen molar-refractivity contribution in [1.82, 2.24) is 14.8 Å². The molecule has 1 N–H and O–H groups in total. The third-order valence-electron chi connectivity index (χ3n) is 4.39. The molecule has 0 spiro atoms. The van der Waals surface area contributed by atoms with E-state index in [1.807, 2.05) is 48.9 Å². The Kier molecular flexibility index (Phi) is 3.87. The van der Waals surface area contributed by atoms with Crippen molar-refractivity contribution in [3.05, 3.63) is 53.5 Å². The van der Waals surface area contributed by atoms with E-state index in [1.165, 1.54) is 5.56 Å². The molecule has 1 saturated carbocycles. The highest BCUT2D eigenvalue weighted by Crippen LogP contribution is 2.39. The highest BCUT2D eigenvalue weighted by Gasteiger charge is 2.30. The van der Waals surface area contributed by atoms with Gasteiger partial charge < -0.3 is 14.3 Å². The summed E-state index contributed by atoms with van der Waals surface area (Å²) in [5, 5.41) is 11.2. The molecule has 3 aromatic rings. The van der Waals surface area contributed by atoms with Gasteiger partial charge in [-0.05, 0) is 50.5 Å². The Balaban J connectivity index is 1.49. The zero-order valence-corrected chi connectivity index (χ0v) is 14.3. The maximum absolute atomic E-state index is 12.4. The van der Waals surface area contributed by atoms with Crippen molar-refractivity contribution in [2.75, 3.05) is 5.32 Å². The predicted molar refractivity (Wildman–Crippen MR) is 94.2 cm³/mol. The van der Waals surface area contributed by atoms with Crippen LogP contribution in [0.15, 0.2) is 40.9 Å². The van der Waals surface area contributed by atoms with Crippen molar-refractivity contribution in [3.63, 3.8) is 0 Å². The van der Waals surface area contributed by atoms with E-state index in [0.717, 1.165) is 29.8 Å². The van der Waals surface area contributed by atoms with Gasteiger partial charge in [0.25, 0.3) is 5.89 Å². The summed E-state index contributed by atoms with van der Waals surface area (Å²) in [6.07, 6.45) is 4.07. The summed E-state index contributed by atoms with van der Waals surface area (Å²) in [4.78, 5) is 12.4. The Morgan fingerprint density at radius 1 is 1.28 bits per heavy atom. The Morgan fingerprint density at radius 2 is 2.12 bits per heavy atom. The predicted octanol–water partition coefficient (Wildman–Crippen LogP) is 3.67. The number of anilines is 1. The van der Waals surface area contributed by atoms with Crippen molar-refractivity contribution in [1.29, 1.82) is 0 Å². The van der Waals surface area contributed by atoms with Gasteiger partial charge in [-0.3, -0.25) is 4.79 Å². The van der Waals surface area contributed by atoms with Gasteiger partial charge in [-0.2, -0.15) is 0 Å². The van der Waals surface area contributed by atoms with Crippen LogP contribution in [-0.2, 0) is 11.3 Å². The highest BCUT2D eigenvalue weighted by molar-refractivity contribution is 5.91. The van der Waals surface area contributed by atoms with Crippen LogP contribution < -0.4 is 5.32 Å². The van der Waals surface area contributed by atoms with Gasteiger partial charge in [-0.25, -0.2) is 0 Å². The fourth-order valence-electron chi connectivity index (χ4n) is 2.88. The van der Waals surface area contributed by atoms with Gasteiger partial charge in [-0.15, -0.1) is 10.2 Å². The van der Waals surface area contributed by atoms with Crippen molar-refractivity contribution < 1.29 is 9.21 Å². The average molecular weight is 336 g/mol. The third-order valence-corrected chi connectivity index (χ3v) is 4.39. The molecule has 1 aromatic carbocycles. The number of nitrogens with one attached hydrogen (secondary N) is 1. The number of hydrogen-bond donors (Lipinski definition) is 1. The molecular formula is C19H20N4O2. The smallest absolute Gasteiger partial charge is 0.264 e. The molecule has 128 valence electrons. The lowest BCUT2D eigenvalue weighted by Gasteiger charge is -2.11. The first-order chi connectivity index (χ1) is 12.1. The van der Waals surface area contributed by atoms with Crippen LogP contribution in [0.5, 0.6) is 0 Å². The van der Waals surface area contributed by atoms with Gasteiger partial charge in [0.2, 0.25) is 11.8 Å². The molecule has 2 heterocycles. The number of aryl methyl sites for hydroxylation is 2. The molecule has 1 amide bonds. The zero-order chi connectivity index (χ0) is 17.4. The fraction of sp³-hybridized carbons (Fsp3) is 0.316. The van der Waals surface area contributed by atoms with Crippen LogP contribution in [0.3, 0.4) is 0 Å². The molecule has 4 rings (SSSR count). The van der Waals surface area contributed by atoms with E-state index in [-0.39, 0.29) is 12.5 Å². The second kappa shape index (κ2) is 6.20. The fourth-order valence-corrected chi connectivity index (χ4v) is 2.88. The van der Waals surface area contributed by atoms with Crippen LogP contribution in [0.2, 0.25) is 0 Å². The second-order valence-corrected chi connectivity index (χ2v) is 6.61. The van der Waals surface area contributed by atoms with Crippen LogP contribution in [0.25, 0.3) is 11.6 Å². The summed E-state index contributed by atoms with van der Waals surface area (Å²) < 4.78 is 7.57. The lowest BCUT2D eigenvalue weighted by molar-refractivity contribution is -0.116. The van der Waals surface area contributed by atoms with Gasteiger partial charge in [0, 0.05) is 17.8 Å². The first kappa shape index (κ1) is 15.6.